The van der Waals surface area contributed by atoms with E-state index in [1.54, 1.807) is 17.0 Å². The Morgan fingerprint density at radius 3 is 2.64 bits per heavy atom. The van der Waals surface area contributed by atoms with Crippen molar-refractivity contribution in [1.29, 1.82) is 0 Å². The summed E-state index contributed by atoms with van der Waals surface area (Å²) in [6, 6.07) is 5.90. The molecule has 2 saturated heterocycles. The summed E-state index contributed by atoms with van der Waals surface area (Å²) in [6.45, 7) is 9.37. The molecule has 2 atom stereocenters. The molecule has 0 unspecified atom stereocenters. The Morgan fingerprint density at radius 1 is 1.18 bits per heavy atom. The van der Waals surface area contributed by atoms with Crippen molar-refractivity contribution in [2.45, 2.75) is 51.8 Å². The molecule has 6 nitrogen and oxygen atoms in total. The summed E-state index contributed by atoms with van der Waals surface area (Å²) < 4.78 is 19.3. The number of benzene rings is 1. The molecule has 154 valence electrons. The summed E-state index contributed by atoms with van der Waals surface area (Å²) in [4.78, 5) is 31.2. The monoisotopic (exact) mass is 391 g/mol. The average molecular weight is 391 g/mol. The van der Waals surface area contributed by atoms with E-state index in [1.165, 1.54) is 19.1 Å². The summed E-state index contributed by atoms with van der Waals surface area (Å²) in [5.41, 5.74) is 0. The van der Waals surface area contributed by atoms with E-state index in [-0.39, 0.29) is 23.7 Å². The van der Waals surface area contributed by atoms with Gasteiger partial charge in [-0.2, -0.15) is 0 Å². The highest BCUT2D eigenvalue weighted by Crippen LogP contribution is 2.25. The van der Waals surface area contributed by atoms with E-state index in [4.69, 9.17) is 4.74 Å². The molecule has 0 spiro atoms. The van der Waals surface area contributed by atoms with Gasteiger partial charge in [-0.05, 0) is 32.4 Å². The van der Waals surface area contributed by atoms with Gasteiger partial charge in [0.2, 0.25) is 11.8 Å². The smallest absolute Gasteiger partial charge is 0.245 e. The molecule has 2 heterocycles. The second kappa shape index (κ2) is 8.90. The number of halogens is 1. The molecule has 0 radical (unpaired) electrons. The third-order valence-electron chi connectivity index (χ3n) is 5.62. The quantitative estimate of drug-likeness (QED) is 0.789. The van der Waals surface area contributed by atoms with Gasteiger partial charge in [-0.25, -0.2) is 4.39 Å². The highest BCUT2D eigenvalue weighted by atomic mass is 19.1. The molecule has 2 aliphatic heterocycles. The molecular weight excluding hydrogens is 361 g/mol. The third kappa shape index (κ3) is 4.82. The number of likely N-dealkylation sites (tertiary alicyclic amines) is 1. The van der Waals surface area contributed by atoms with Crippen molar-refractivity contribution in [2.75, 3.05) is 32.7 Å². The van der Waals surface area contributed by atoms with Gasteiger partial charge in [0.05, 0.1) is 6.54 Å². The Balaban J connectivity index is 1.67. The summed E-state index contributed by atoms with van der Waals surface area (Å²) in [6.07, 6.45) is 1.04. The minimum Gasteiger partial charge on any atom is -0.488 e. The van der Waals surface area contributed by atoms with E-state index in [0.29, 0.717) is 37.8 Å². The van der Waals surface area contributed by atoms with Crippen LogP contribution in [0.5, 0.6) is 5.75 Å². The molecule has 2 aliphatic rings. The number of carbonyl (C=O) groups excluding carboxylic acids is 2. The van der Waals surface area contributed by atoms with Crippen LogP contribution in [0.25, 0.3) is 0 Å². The molecule has 2 amide bonds. The lowest BCUT2D eigenvalue weighted by Gasteiger charge is -2.29. The Kier molecular flexibility index (Phi) is 6.54. The fourth-order valence-corrected chi connectivity index (χ4v) is 4.08. The zero-order chi connectivity index (χ0) is 20.3. The lowest BCUT2D eigenvalue weighted by atomic mass is 10.1. The molecule has 0 N–H and O–H groups in total. The fourth-order valence-electron chi connectivity index (χ4n) is 4.08. The molecule has 0 bridgehead atoms. The van der Waals surface area contributed by atoms with Crippen molar-refractivity contribution in [2.24, 2.45) is 0 Å². The summed E-state index contributed by atoms with van der Waals surface area (Å²) in [7, 11) is 0. The number of hydrogen-bond acceptors (Lipinski definition) is 4. The third-order valence-corrected chi connectivity index (χ3v) is 5.62. The Hall–Kier alpha value is -2.15. The SMILES string of the molecule is CC(=O)N1C[C@@H](Oc2cccc(F)c2)C[C@@H]1C(=O)N1CCCN(C(C)C)CC1. The zero-order valence-electron chi connectivity index (χ0n) is 16.9. The van der Waals surface area contributed by atoms with Crippen LogP contribution in [-0.4, -0.2) is 77.4 Å². The van der Waals surface area contributed by atoms with E-state index >= 15 is 0 Å². The standard InChI is InChI=1S/C21H30FN3O3/c1-15(2)23-8-5-9-24(11-10-23)21(27)20-13-19(14-25(20)16(3)26)28-18-7-4-6-17(22)12-18/h4,6-7,12,15,19-20H,5,8-11,13-14H2,1-3H3/t19-,20+/m0/s1. The minimum absolute atomic E-state index is 0.00820. The predicted octanol–water partition coefficient (Wildman–Crippen LogP) is 2.14. The number of hydrogen-bond donors (Lipinski definition) is 0. The molecule has 28 heavy (non-hydrogen) atoms. The van der Waals surface area contributed by atoms with Crippen LogP contribution in [0, 0.1) is 5.82 Å². The molecule has 1 aromatic carbocycles. The van der Waals surface area contributed by atoms with Crippen molar-refractivity contribution in [1.82, 2.24) is 14.7 Å². The maximum atomic E-state index is 13.4. The van der Waals surface area contributed by atoms with Gasteiger partial charge in [0, 0.05) is 51.6 Å². The van der Waals surface area contributed by atoms with Gasteiger partial charge in [-0.15, -0.1) is 0 Å². The maximum Gasteiger partial charge on any atom is 0.245 e. The van der Waals surface area contributed by atoms with E-state index in [0.717, 1.165) is 19.5 Å². The van der Waals surface area contributed by atoms with Crippen LogP contribution in [0.2, 0.25) is 0 Å². The number of carbonyl (C=O) groups is 2. The molecule has 7 heteroatoms. The molecule has 3 rings (SSSR count). The Morgan fingerprint density at radius 2 is 1.96 bits per heavy atom. The van der Waals surface area contributed by atoms with E-state index < -0.39 is 6.04 Å². The number of ether oxygens (including phenoxy) is 1. The Labute approximate surface area is 166 Å². The van der Waals surface area contributed by atoms with Gasteiger partial charge in [-0.3, -0.25) is 14.5 Å². The summed E-state index contributed by atoms with van der Waals surface area (Å²) >= 11 is 0. The fraction of sp³-hybridized carbons (Fsp3) is 0.619. The maximum absolute atomic E-state index is 13.4. The van der Waals surface area contributed by atoms with Crippen molar-refractivity contribution in [3.05, 3.63) is 30.1 Å². The second-order valence-corrected chi connectivity index (χ2v) is 7.93. The largest absolute Gasteiger partial charge is 0.488 e. The molecule has 2 fully saturated rings. The normalized spacial score (nSPS) is 23.8. The van der Waals surface area contributed by atoms with E-state index in [1.807, 2.05) is 4.90 Å². The van der Waals surface area contributed by atoms with Gasteiger partial charge in [0.1, 0.15) is 23.7 Å². The first-order valence-electron chi connectivity index (χ1n) is 10.1. The van der Waals surface area contributed by atoms with Crippen molar-refractivity contribution >= 4 is 11.8 Å². The molecule has 0 aromatic heterocycles. The summed E-state index contributed by atoms with van der Waals surface area (Å²) in [5.74, 6) is -0.0942. The Bertz CT molecular complexity index is 712. The van der Waals surface area contributed by atoms with Crippen molar-refractivity contribution < 1.29 is 18.7 Å². The van der Waals surface area contributed by atoms with Crippen LogP contribution in [0.15, 0.2) is 24.3 Å². The lowest BCUT2D eigenvalue weighted by molar-refractivity contribution is -0.142. The van der Waals surface area contributed by atoms with Crippen LogP contribution in [0.3, 0.4) is 0 Å². The van der Waals surface area contributed by atoms with Gasteiger partial charge in [0.15, 0.2) is 0 Å². The highest BCUT2D eigenvalue weighted by molar-refractivity contribution is 5.87. The van der Waals surface area contributed by atoms with Crippen LogP contribution < -0.4 is 4.74 Å². The first-order valence-corrected chi connectivity index (χ1v) is 10.1. The van der Waals surface area contributed by atoms with Crippen LogP contribution in [-0.2, 0) is 9.59 Å². The first-order chi connectivity index (χ1) is 13.3. The van der Waals surface area contributed by atoms with Crippen LogP contribution >= 0.6 is 0 Å². The molecule has 1 aromatic rings. The van der Waals surface area contributed by atoms with Crippen molar-refractivity contribution in [3.63, 3.8) is 0 Å². The van der Waals surface area contributed by atoms with Crippen LogP contribution in [0.1, 0.15) is 33.6 Å². The van der Waals surface area contributed by atoms with Gasteiger partial charge in [-0.1, -0.05) is 6.07 Å². The zero-order valence-corrected chi connectivity index (χ0v) is 16.9. The predicted molar refractivity (Wildman–Crippen MR) is 105 cm³/mol. The lowest BCUT2D eigenvalue weighted by Crippen LogP contribution is -2.48. The number of rotatable bonds is 4. The highest BCUT2D eigenvalue weighted by Gasteiger charge is 2.41. The molecule has 0 aliphatic carbocycles. The van der Waals surface area contributed by atoms with Crippen molar-refractivity contribution in [3.8, 4) is 5.75 Å². The topological polar surface area (TPSA) is 53.1 Å². The average Bonchev–Trinajstić information content (AvgIpc) is 2.90. The van der Waals surface area contributed by atoms with Gasteiger partial charge in [0.25, 0.3) is 0 Å². The van der Waals surface area contributed by atoms with Gasteiger partial charge < -0.3 is 14.5 Å². The van der Waals surface area contributed by atoms with Gasteiger partial charge >= 0.3 is 0 Å². The molecular formula is C21H30FN3O3. The number of amides is 2. The minimum atomic E-state index is -0.512. The first kappa shape index (κ1) is 20.6. The number of nitrogens with zero attached hydrogens (tertiary/aromatic N) is 3. The molecule has 0 saturated carbocycles. The van der Waals surface area contributed by atoms with Crippen LogP contribution in [0.4, 0.5) is 4.39 Å². The second-order valence-electron chi connectivity index (χ2n) is 7.93. The van der Waals surface area contributed by atoms with E-state index in [9.17, 15) is 14.0 Å². The van der Waals surface area contributed by atoms with E-state index in [2.05, 4.69) is 18.7 Å². The summed E-state index contributed by atoms with van der Waals surface area (Å²) in [5, 5.41) is 0.